The van der Waals surface area contributed by atoms with Crippen molar-refractivity contribution in [3.8, 4) is 0 Å². The molecule has 0 aliphatic carbocycles. The lowest BCUT2D eigenvalue weighted by Gasteiger charge is -2.30. The van der Waals surface area contributed by atoms with Crippen molar-refractivity contribution >= 4 is 17.2 Å². The van der Waals surface area contributed by atoms with Crippen molar-refractivity contribution in [2.75, 3.05) is 0 Å². The summed E-state index contributed by atoms with van der Waals surface area (Å²) in [6.07, 6.45) is 0.472. The molecule has 2 rings (SSSR count). The van der Waals surface area contributed by atoms with E-state index in [9.17, 15) is 4.79 Å². The van der Waals surface area contributed by atoms with Crippen LogP contribution in [0.5, 0.6) is 0 Å². The average Bonchev–Trinajstić information content (AvgIpc) is 2.69. The van der Waals surface area contributed by atoms with Gasteiger partial charge in [-0.2, -0.15) is 0 Å². The Kier molecular flexibility index (Phi) is 3.04. The van der Waals surface area contributed by atoms with E-state index >= 15 is 0 Å². The van der Waals surface area contributed by atoms with Crippen LogP contribution in [0.3, 0.4) is 0 Å². The second-order valence-electron chi connectivity index (χ2n) is 4.68. The standard InChI is InChI=1S/C12H18N2OS/c1-7(2)14-10(15)6-9(13)11(14)12-8(3)4-5-16-12/h4-5,7,9,11H,6,13H2,1-3H3. The van der Waals surface area contributed by atoms with Gasteiger partial charge in [0.05, 0.1) is 6.04 Å². The van der Waals surface area contributed by atoms with Gasteiger partial charge >= 0.3 is 0 Å². The molecule has 16 heavy (non-hydrogen) atoms. The molecule has 0 radical (unpaired) electrons. The quantitative estimate of drug-likeness (QED) is 0.857. The molecule has 1 aromatic rings. The van der Waals surface area contributed by atoms with Gasteiger partial charge in [-0.3, -0.25) is 4.79 Å². The van der Waals surface area contributed by atoms with E-state index in [-0.39, 0.29) is 24.0 Å². The highest BCUT2D eigenvalue weighted by molar-refractivity contribution is 7.10. The zero-order valence-electron chi connectivity index (χ0n) is 9.93. The molecular weight excluding hydrogens is 220 g/mol. The molecule has 1 aliphatic rings. The Balaban J connectivity index is 2.38. The fourth-order valence-electron chi connectivity index (χ4n) is 2.40. The first-order valence-corrected chi connectivity index (χ1v) is 6.51. The van der Waals surface area contributed by atoms with Gasteiger partial charge in [0.25, 0.3) is 0 Å². The summed E-state index contributed by atoms with van der Waals surface area (Å²) in [5.41, 5.74) is 7.34. The number of aryl methyl sites for hydroxylation is 1. The van der Waals surface area contributed by atoms with Crippen molar-refractivity contribution in [1.82, 2.24) is 4.90 Å². The van der Waals surface area contributed by atoms with E-state index in [2.05, 4.69) is 18.4 Å². The fraction of sp³-hybridized carbons (Fsp3) is 0.583. The molecule has 1 amide bonds. The Morgan fingerprint density at radius 3 is 2.75 bits per heavy atom. The van der Waals surface area contributed by atoms with Crippen LogP contribution in [0.2, 0.25) is 0 Å². The minimum Gasteiger partial charge on any atom is -0.331 e. The van der Waals surface area contributed by atoms with Crippen LogP contribution in [0.4, 0.5) is 0 Å². The number of rotatable bonds is 2. The number of thiophene rings is 1. The van der Waals surface area contributed by atoms with Crippen molar-refractivity contribution in [3.05, 3.63) is 21.9 Å². The Labute approximate surface area is 100 Å². The van der Waals surface area contributed by atoms with Crippen LogP contribution in [0, 0.1) is 6.92 Å². The Bertz CT molecular complexity index is 399. The molecule has 2 N–H and O–H groups in total. The first-order valence-electron chi connectivity index (χ1n) is 5.63. The van der Waals surface area contributed by atoms with Gasteiger partial charge in [-0.15, -0.1) is 11.3 Å². The van der Waals surface area contributed by atoms with Gasteiger partial charge in [0.1, 0.15) is 0 Å². The second-order valence-corrected chi connectivity index (χ2v) is 5.62. The molecule has 1 aromatic heterocycles. The zero-order chi connectivity index (χ0) is 11.9. The van der Waals surface area contributed by atoms with Crippen LogP contribution in [0.1, 0.15) is 36.8 Å². The number of carbonyl (C=O) groups is 1. The number of nitrogens with zero attached hydrogens (tertiary/aromatic N) is 1. The van der Waals surface area contributed by atoms with E-state index in [1.54, 1.807) is 11.3 Å². The van der Waals surface area contributed by atoms with Crippen molar-refractivity contribution in [1.29, 1.82) is 0 Å². The van der Waals surface area contributed by atoms with Crippen LogP contribution in [-0.2, 0) is 4.79 Å². The molecule has 2 unspecified atom stereocenters. The molecule has 1 fully saturated rings. The highest BCUT2D eigenvalue weighted by atomic mass is 32.1. The lowest BCUT2D eigenvalue weighted by Crippen LogP contribution is -2.37. The summed E-state index contributed by atoms with van der Waals surface area (Å²) in [6.45, 7) is 6.18. The third-order valence-corrected chi connectivity index (χ3v) is 4.22. The summed E-state index contributed by atoms with van der Waals surface area (Å²) in [6, 6.07) is 2.32. The first kappa shape index (κ1) is 11.6. The molecule has 0 spiro atoms. The Morgan fingerprint density at radius 1 is 1.56 bits per heavy atom. The van der Waals surface area contributed by atoms with E-state index in [4.69, 9.17) is 5.73 Å². The minimum absolute atomic E-state index is 0.0627. The maximum Gasteiger partial charge on any atom is 0.225 e. The fourth-order valence-corrected chi connectivity index (χ4v) is 3.50. The van der Waals surface area contributed by atoms with E-state index < -0.39 is 0 Å². The number of likely N-dealkylation sites (tertiary alicyclic amines) is 1. The van der Waals surface area contributed by atoms with E-state index in [0.717, 1.165) is 0 Å². The van der Waals surface area contributed by atoms with Gasteiger partial charge in [-0.25, -0.2) is 0 Å². The van der Waals surface area contributed by atoms with Gasteiger partial charge in [-0.1, -0.05) is 0 Å². The molecule has 2 heterocycles. The summed E-state index contributed by atoms with van der Waals surface area (Å²) in [5.74, 6) is 0.181. The van der Waals surface area contributed by atoms with Crippen molar-refractivity contribution in [2.24, 2.45) is 5.73 Å². The topological polar surface area (TPSA) is 46.3 Å². The van der Waals surface area contributed by atoms with Gasteiger partial charge in [0, 0.05) is 23.4 Å². The van der Waals surface area contributed by atoms with E-state index in [1.165, 1.54) is 10.4 Å². The minimum atomic E-state index is -0.0627. The Morgan fingerprint density at radius 2 is 2.25 bits per heavy atom. The van der Waals surface area contributed by atoms with Gasteiger partial charge in [0.15, 0.2) is 0 Å². The lowest BCUT2D eigenvalue weighted by atomic mass is 10.1. The molecule has 4 heteroatoms. The van der Waals surface area contributed by atoms with Gasteiger partial charge in [0.2, 0.25) is 5.91 Å². The molecule has 3 nitrogen and oxygen atoms in total. The number of nitrogens with two attached hydrogens (primary N) is 1. The van der Waals surface area contributed by atoms with Gasteiger partial charge < -0.3 is 10.6 Å². The molecule has 0 aromatic carbocycles. The molecule has 1 saturated heterocycles. The van der Waals surface area contributed by atoms with E-state index in [1.807, 2.05) is 18.7 Å². The summed E-state index contributed by atoms with van der Waals surface area (Å²) >= 11 is 1.70. The van der Waals surface area contributed by atoms with Crippen LogP contribution >= 0.6 is 11.3 Å². The Hall–Kier alpha value is -0.870. The van der Waals surface area contributed by atoms with Crippen molar-refractivity contribution < 1.29 is 4.79 Å². The molecule has 1 aliphatic heterocycles. The maximum absolute atomic E-state index is 11.9. The predicted octanol–water partition coefficient (Wildman–Crippen LogP) is 2.07. The third-order valence-electron chi connectivity index (χ3n) is 3.13. The van der Waals surface area contributed by atoms with Crippen LogP contribution in [0.25, 0.3) is 0 Å². The molecule has 2 atom stereocenters. The third kappa shape index (κ3) is 1.76. The number of carbonyl (C=O) groups excluding carboxylic acids is 1. The van der Waals surface area contributed by atoms with Crippen molar-refractivity contribution in [2.45, 2.75) is 45.3 Å². The highest BCUT2D eigenvalue weighted by Gasteiger charge is 2.40. The number of amides is 1. The predicted molar refractivity (Wildman–Crippen MR) is 66.4 cm³/mol. The number of hydrogen-bond donors (Lipinski definition) is 1. The molecule has 88 valence electrons. The van der Waals surface area contributed by atoms with Crippen LogP contribution < -0.4 is 5.73 Å². The van der Waals surface area contributed by atoms with E-state index in [0.29, 0.717) is 6.42 Å². The molecule has 0 saturated carbocycles. The number of hydrogen-bond acceptors (Lipinski definition) is 3. The SMILES string of the molecule is Cc1ccsc1C1C(N)CC(=O)N1C(C)C. The highest BCUT2D eigenvalue weighted by Crippen LogP contribution is 2.37. The smallest absolute Gasteiger partial charge is 0.225 e. The van der Waals surface area contributed by atoms with Gasteiger partial charge in [-0.05, 0) is 37.8 Å². The summed E-state index contributed by atoms with van der Waals surface area (Å²) in [7, 11) is 0. The maximum atomic E-state index is 11.9. The summed E-state index contributed by atoms with van der Waals surface area (Å²) in [4.78, 5) is 15.1. The zero-order valence-corrected chi connectivity index (χ0v) is 10.8. The first-order chi connectivity index (χ1) is 7.52. The lowest BCUT2D eigenvalue weighted by molar-refractivity contribution is -0.130. The van der Waals surface area contributed by atoms with Crippen LogP contribution in [0.15, 0.2) is 11.4 Å². The molecular formula is C12H18N2OS. The van der Waals surface area contributed by atoms with Crippen LogP contribution in [-0.4, -0.2) is 22.9 Å². The second kappa shape index (κ2) is 4.18. The summed E-state index contributed by atoms with van der Waals surface area (Å²) in [5, 5.41) is 2.07. The van der Waals surface area contributed by atoms with Crippen molar-refractivity contribution in [3.63, 3.8) is 0 Å². The average molecular weight is 238 g/mol. The largest absolute Gasteiger partial charge is 0.331 e. The molecule has 0 bridgehead atoms. The summed E-state index contributed by atoms with van der Waals surface area (Å²) < 4.78 is 0. The monoisotopic (exact) mass is 238 g/mol. The normalized spacial score (nSPS) is 25.8.